The van der Waals surface area contributed by atoms with Crippen LogP contribution in [-0.4, -0.2) is 5.91 Å². The Hall–Kier alpha value is -2.04. The van der Waals surface area contributed by atoms with E-state index in [1.807, 2.05) is 0 Å². The lowest BCUT2D eigenvalue weighted by Crippen LogP contribution is -2.09. The second-order valence-electron chi connectivity index (χ2n) is 4.18. The Morgan fingerprint density at radius 1 is 1.11 bits per heavy atom. The van der Waals surface area contributed by atoms with E-state index >= 15 is 0 Å². The first-order chi connectivity index (χ1) is 8.90. The minimum atomic E-state index is -4.34. The summed E-state index contributed by atoms with van der Waals surface area (Å²) >= 11 is 0. The molecule has 1 amide bonds. The zero-order chi connectivity index (χ0) is 14.0. The number of amides is 1. The number of nitrogens with one attached hydrogen (secondary N) is 1. The summed E-state index contributed by atoms with van der Waals surface area (Å²) in [7, 11) is 0. The summed E-state index contributed by atoms with van der Waals surface area (Å²) in [5.41, 5.74) is -0.0931. The van der Waals surface area contributed by atoms with Crippen molar-refractivity contribution in [2.75, 3.05) is 5.32 Å². The molecule has 0 radical (unpaired) electrons. The summed E-state index contributed by atoms with van der Waals surface area (Å²) in [4.78, 5) is 11.2. The highest BCUT2D eigenvalue weighted by atomic mass is 19.4. The van der Waals surface area contributed by atoms with Crippen molar-refractivity contribution in [1.82, 2.24) is 0 Å². The Bertz CT molecular complexity index is 620. The van der Waals surface area contributed by atoms with Gasteiger partial charge in [-0.3, -0.25) is 4.79 Å². The van der Waals surface area contributed by atoms with Gasteiger partial charge in [0.2, 0.25) is 5.91 Å². The number of carbonyl (C=O) groups is 1. The monoisotopic (exact) mass is 267 g/mol. The number of alkyl halides is 3. The lowest BCUT2D eigenvalue weighted by Gasteiger charge is -2.09. The van der Waals surface area contributed by atoms with Crippen LogP contribution in [0, 0.1) is 0 Å². The number of carbonyl (C=O) groups excluding carboxylic acids is 1. The molecule has 0 unspecified atom stereocenters. The van der Waals surface area contributed by atoms with E-state index in [2.05, 4.69) is 5.32 Å². The Morgan fingerprint density at radius 2 is 1.74 bits per heavy atom. The molecule has 2 rings (SSSR count). The van der Waals surface area contributed by atoms with Gasteiger partial charge in [0.1, 0.15) is 0 Å². The maximum atomic E-state index is 12.6. The number of fused-ring (bicyclic) bond motifs is 1. The molecule has 2 aromatic carbocycles. The Labute approximate surface area is 108 Å². The Kier molecular flexibility index (Phi) is 3.46. The van der Waals surface area contributed by atoms with E-state index in [0.717, 1.165) is 12.1 Å². The van der Waals surface area contributed by atoms with Gasteiger partial charge in [-0.2, -0.15) is 13.2 Å². The van der Waals surface area contributed by atoms with Crippen LogP contribution in [0.5, 0.6) is 0 Å². The van der Waals surface area contributed by atoms with E-state index in [0.29, 0.717) is 22.9 Å². The molecule has 0 fully saturated rings. The fraction of sp³-hybridized carbons (Fsp3) is 0.214. The van der Waals surface area contributed by atoms with E-state index in [9.17, 15) is 18.0 Å². The minimum Gasteiger partial charge on any atom is -0.326 e. The third-order valence-corrected chi connectivity index (χ3v) is 2.77. The van der Waals surface area contributed by atoms with E-state index in [1.54, 1.807) is 25.1 Å². The van der Waals surface area contributed by atoms with Crippen molar-refractivity contribution < 1.29 is 18.0 Å². The van der Waals surface area contributed by atoms with Gasteiger partial charge in [0.05, 0.1) is 5.56 Å². The van der Waals surface area contributed by atoms with Crippen LogP contribution in [0.25, 0.3) is 10.8 Å². The summed E-state index contributed by atoms with van der Waals surface area (Å²) in [6.45, 7) is 1.73. The Balaban J connectivity index is 2.38. The molecule has 0 heterocycles. The predicted molar refractivity (Wildman–Crippen MR) is 67.9 cm³/mol. The standard InChI is InChI=1S/C14H12F3NO/c1-2-13(19)18-12-6-4-9-7-11(14(15,16)17)5-3-10(9)8-12/h3-8H,2H2,1H3,(H,18,19). The largest absolute Gasteiger partial charge is 0.416 e. The van der Waals surface area contributed by atoms with Gasteiger partial charge in [-0.1, -0.05) is 19.1 Å². The summed E-state index contributed by atoms with van der Waals surface area (Å²) in [6, 6.07) is 8.35. The average molecular weight is 267 g/mol. The van der Waals surface area contributed by atoms with Crippen LogP contribution in [0.3, 0.4) is 0 Å². The molecule has 0 bridgehead atoms. The zero-order valence-corrected chi connectivity index (χ0v) is 10.2. The first-order valence-corrected chi connectivity index (χ1v) is 5.81. The number of hydrogen-bond acceptors (Lipinski definition) is 1. The predicted octanol–water partition coefficient (Wildman–Crippen LogP) is 4.21. The summed E-state index contributed by atoms with van der Waals surface area (Å²) in [5, 5.41) is 3.81. The van der Waals surface area contributed by atoms with Crippen molar-refractivity contribution in [2.24, 2.45) is 0 Å². The van der Waals surface area contributed by atoms with Crippen molar-refractivity contribution in [1.29, 1.82) is 0 Å². The van der Waals surface area contributed by atoms with Gasteiger partial charge in [-0.05, 0) is 35.0 Å². The molecule has 1 N–H and O–H groups in total. The summed E-state index contributed by atoms with van der Waals surface area (Å²) in [6.07, 6.45) is -3.99. The van der Waals surface area contributed by atoms with Crippen molar-refractivity contribution in [3.05, 3.63) is 42.0 Å². The van der Waals surface area contributed by atoms with Gasteiger partial charge in [-0.15, -0.1) is 0 Å². The first kappa shape index (κ1) is 13.4. The highest BCUT2D eigenvalue weighted by Gasteiger charge is 2.30. The van der Waals surface area contributed by atoms with E-state index in [4.69, 9.17) is 0 Å². The third kappa shape index (κ3) is 3.05. The third-order valence-electron chi connectivity index (χ3n) is 2.77. The number of halogens is 3. The van der Waals surface area contributed by atoms with E-state index in [1.165, 1.54) is 6.07 Å². The van der Waals surface area contributed by atoms with Crippen LogP contribution in [0.15, 0.2) is 36.4 Å². The molecule has 100 valence electrons. The maximum Gasteiger partial charge on any atom is 0.416 e. The average Bonchev–Trinajstić information content (AvgIpc) is 2.36. The van der Waals surface area contributed by atoms with Gasteiger partial charge in [0.25, 0.3) is 0 Å². The molecule has 0 saturated heterocycles. The molecular weight excluding hydrogens is 255 g/mol. The Morgan fingerprint density at radius 3 is 2.37 bits per heavy atom. The van der Waals surface area contributed by atoms with Crippen molar-refractivity contribution >= 4 is 22.4 Å². The van der Waals surface area contributed by atoms with Gasteiger partial charge in [0, 0.05) is 12.1 Å². The number of benzene rings is 2. The molecule has 5 heteroatoms. The fourth-order valence-electron chi connectivity index (χ4n) is 1.75. The molecule has 0 atom stereocenters. The van der Waals surface area contributed by atoms with Crippen LogP contribution in [0.2, 0.25) is 0 Å². The first-order valence-electron chi connectivity index (χ1n) is 5.81. The molecule has 0 saturated carbocycles. The van der Waals surface area contributed by atoms with Gasteiger partial charge in [-0.25, -0.2) is 0 Å². The molecule has 0 spiro atoms. The molecule has 0 aliphatic rings. The normalized spacial score (nSPS) is 11.6. The van der Waals surface area contributed by atoms with Crippen LogP contribution in [0.1, 0.15) is 18.9 Å². The lowest BCUT2D eigenvalue weighted by atomic mass is 10.1. The topological polar surface area (TPSA) is 29.1 Å². The minimum absolute atomic E-state index is 0.133. The van der Waals surface area contributed by atoms with Crippen molar-refractivity contribution in [2.45, 2.75) is 19.5 Å². The van der Waals surface area contributed by atoms with Crippen LogP contribution < -0.4 is 5.32 Å². The lowest BCUT2D eigenvalue weighted by molar-refractivity contribution is -0.137. The van der Waals surface area contributed by atoms with Gasteiger partial charge >= 0.3 is 6.18 Å². The SMILES string of the molecule is CCC(=O)Nc1ccc2cc(C(F)(F)F)ccc2c1. The zero-order valence-electron chi connectivity index (χ0n) is 10.2. The quantitative estimate of drug-likeness (QED) is 0.867. The molecule has 19 heavy (non-hydrogen) atoms. The molecule has 0 aliphatic carbocycles. The highest BCUT2D eigenvalue weighted by Crippen LogP contribution is 2.32. The fourth-order valence-corrected chi connectivity index (χ4v) is 1.75. The maximum absolute atomic E-state index is 12.6. The van der Waals surface area contributed by atoms with Gasteiger partial charge < -0.3 is 5.32 Å². The van der Waals surface area contributed by atoms with Crippen molar-refractivity contribution in [3.8, 4) is 0 Å². The number of hydrogen-bond donors (Lipinski definition) is 1. The second kappa shape index (κ2) is 4.91. The van der Waals surface area contributed by atoms with Gasteiger partial charge in [0.15, 0.2) is 0 Å². The van der Waals surface area contributed by atoms with Crippen LogP contribution >= 0.6 is 0 Å². The molecule has 0 aliphatic heterocycles. The molecule has 2 aromatic rings. The van der Waals surface area contributed by atoms with E-state index < -0.39 is 11.7 Å². The highest BCUT2D eigenvalue weighted by molar-refractivity contribution is 5.94. The van der Waals surface area contributed by atoms with E-state index in [-0.39, 0.29) is 5.91 Å². The summed E-state index contributed by atoms with van der Waals surface area (Å²) < 4.78 is 37.7. The van der Waals surface area contributed by atoms with Crippen LogP contribution in [-0.2, 0) is 11.0 Å². The summed E-state index contributed by atoms with van der Waals surface area (Å²) in [5.74, 6) is -0.133. The van der Waals surface area contributed by atoms with Crippen LogP contribution in [0.4, 0.5) is 18.9 Å². The molecule has 2 nitrogen and oxygen atoms in total. The van der Waals surface area contributed by atoms with Crippen molar-refractivity contribution in [3.63, 3.8) is 0 Å². The smallest absolute Gasteiger partial charge is 0.326 e. The second-order valence-corrected chi connectivity index (χ2v) is 4.18. The number of anilines is 1. The number of rotatable bonds is 2. The molecular formula is C14H12F3NO. The molecule has 0 aromatic heterocycles.